The van der Waals surface area contributed by atoms with Crippen LogP contribution in [-0.2, 0) is 0 Å². The Hall–Kier alpha value is -1.47. The molecule has 1 aromatic heterocycles. The predicted molar refractivity (Wildman–Crippen MR) is 75.7 cm³/mol. The molecule has 2 aromatic rings. The molecule has 0 aliphatic rings. The normalized spacial score (nSPS) is 11.0. The van der Waals surface area contributed by atoms with Crippen molar-refractivity contribution in [1.82, 2.24) is 14.9 Å². The second-order valence-electron chi connectivity index (χ2n) is 3.37. The average Bonchev–Trinajstić information content (AvgIpc) is 2.76. The van der Waals surface area contributed by atoms with E-state index in [1.165, 1.54) is 11.0 Å². The summed E-state index contributed by atoms with van der Waals surface area (Å²) >= 11 is 8.43. The summed E-state index contributed by atoms with van der Waals surface area (Å²) in [5.74, 6) is 0.814. The van der Waals surface area contributed by atoms with Crippen LogP contribution in [0.15, 0.2) is 34.1 Å². The lowest BCUT2D eigenvalue weighted by atomic mass is 10.2. The van der Waals surface area contributed by atoms with Crippen LogP contribution in [0.3, 0.4) is 0 Å². The predicted octanol–water partition coefficient (Wildman–Crippen LogP) is 2.98. The van der Waals surface area contributed by atoms with Gasteiger partial charge < -0.3 is 4.74 Å². The van der Waals surface area contributed by atoms with Crippen LogP contribution < -0.4 is 4.74 Å². The molecule has 7 heteroatoms. The van der Waals surface area contributed by atoms with Crippen molar-refractivity contribution in [1.29, 1.82) is 0 Å². The summed E-state index contributed by atoms with van der Waals surface area (Å²) in [4.78, 5) is 0. The molecule has 5 nitrogen and oxygen atoms in total. The molecule has 94 valence electrons. The second-order valence-corrected chi connectivity index (χ2v) is 4.61. The lowest BCUT2D eigenvalue weighted by molar-refractivity contribution is 0.338. The number of aromatic nitrogens is 3. The fourth-order valence-electron chi connectivity index (χ4n) is 1.32. The van der Waals surface area contributed by atoms with Gasteiger partial charge in [0.05, 0.1) is 17.3 Å². The van der Waals surface area contributed by atoms with E-state index in [0.29, 0.717) is 11.4 Å². The van der Waals surface area contributed by atoms with Crippen LogP contribution in [0.2, 0.25) is 0 Å². The van der Waals surface area contributed by atoms with Crippen molar-refractivity contribution < 1.29 is 4.74 Å². The molecule has 0 aliphatic carbocycles. The average molecular weight is 327 g/mol. The first-order valence-corrected chi connectivity index (χ1v) is 6.49. The third-order valence-corrected chi connectivity index (χ3v) is 3.02. The molecule has 0 saturated heterocycles. The Morgan fingerprint density at radius 2 is 2.44 bits per heavy atom. The molecule has 2 rings (SSSR count). The smallest absolute Gasteiger partial charge is 0.216 e. The fraction of sp³-hybridized carbons (Fsp3) is 0.182. The van der Waals surface area contributed by atoms with Gasteiger partial charge in [-0.25, -0.2) is 0 Å². The van der Waals surface area contributed by atoms with Crippen molar-refractivity contribution in [2.45, 2.75) is 6.92 Å². The molecule has 0 bridgehead atoms. The van der Waals surface area contributed by atoms with E-state index in [1.807, 2.05) is 25.1 Å². The quantitative estimate of drug-likeness (QED) is 0.694. The topological polar surface area (TPSA) is 55.2 Å². The Morgan fingerprint density at radius 3 is 3.06 bits per heavy atom. The monoisotopic (exact) mass is 326 g/mol. The Bertz CT molecular complexity index is 620. The molecule has 0 atom stereocenters. The van der Waals surface area contributed by atoms with Crippen LogP contribution in [0, 0.1) is 4.77 Å². The first-order chi connectivity index (χ1) is 8.70. The number of H-pyrrole nitrogens is 1. The van der Waals surface area contributed by atoms with Crippen LogP contribution in [0.25, 0.3) is 0 Å². The first-order valence-electron chi connectivity index (χ1n) is 5.29. The first kappa shape index (κ1) is 13.0. The number of nitrogens with zero attached hydrogens (tertiary/aromatic N) is 3. The molecule has 0 amide bonds. The molecular formula is C11H11BrN4OS. The van der Waals surface area contributed by atoms with Crippen LogP contribution in [-0.4, -0.2) is 27.7 Å². The summed E-state index contributed by atoms with van der Waals surface area (Å²) in [7, 11) is 0. The van der Waals surface area contributed by atoms with Crippen molar-refractivity contribution in [3.05, 3.63) is 39.3 Å². The van der Waals surface area contributed by atoms with Gasteiger partial charge >= 0.3 is 0 Å². The number of nitrogens with one attached hydrogen (secondary N) is 1. The van der Waals surface area contributed by atoms with E-state index in [-0.39, 0.29) is 0 Å². The van der Waals surface area contributed by atoms with Gasteiger partial charge in [-0.2, -0.15) is 14.9 Å². The fourth-order valence-corrected chi connectivity index (χ4v) is 1.98. The molecule has 0 fully saturated rings. The van der Waals surface area contributed by atoms with E-state index in [9.17, 15) is 0 Å². The van der Waals surface area contributed by atoms with E-state index in [2.05, 4.69) is 31.2 Å². The number of hydrogen-bond acceptors (Lipinski definition) is 4. The van der Waals surface area contributed by atoms with Gasteiger partial charge in [0.1, 0.15) is 12.1 Å². The maximum atomic E-state index is 5.43. The number of aromatic amines is 1. The summed E-state index contributed by atoms with van der Waals surface area (Å²) in [6.07, 6.45) is 3.22. The molecule has 0 radical (unpaired) electrons. The number of halogens is 1. The maximum absolute atomic E-state index is 5.43. The highest BCUT2D eigenvalue weighted by atomic mass is 79.9. The lowest BCUT2D eigenvalue weighted by Crippen LogP contribution is -1.94. The lowest BCUT2D eigenvalue weighted by Gasteiger charge is -2.05. The van der Waals surface area contributed by atoms with Gasteiger partial charge in [0.2, 0.25) is 4.77 Å². The van der Waals surface area contributed by atoms with Gasteiger partial charge in [-0.3, -0.25) is 5.10 Å². The minimum Gasteiger partial charge on any atom is -0.493 e. The van der Waals surface area contributed by atoms with E-state index in [0.717, 1.165) is 15.8 Å². The van der Waals surface area contributed by atoms with Gasteiger partial charge in [-0.05, 0) is 58.8 Å². The Balaban J connectivity index is 2.20. The SMILES string of the molecule is CCOc1ccc(/C=N\n2cn[nH]c2=S)cc1Br. The minimum atomic E-state index is 0.455. The van der Waals surface area contributed by atoms with E-state index < -0.39 is 0 Å². The van der Waals surface area contributed by atoms with Crippen molar-refractivity contribution in [3.8, 4) is 5.75 Å². The molecule has 0 unspecified atom stereocenters. The molecule has 1 heterocycles. The molecule has 18 heavy (non-hydrogen) atoms. The van der Waals surface area contributed by atoms with Crippen LogP contribution in [0.1, 0.15) is 12.5 Å². The molecule has 1 N–H and O–H groups in total. The van der Waals surface area contributed by atoms with Crippen LogP contribution in [0.5, 0.6) is 5.75 Å². The van der Waals surface area contributed by atoms with Gasteiger partial charge in [-0.15, -0.1) is 0 Å². The van der Waals surface area contributed by atoms with Gasteiger partial charge in [0.15, 0.2) is 0 Å². The van der Waals surface area contributed by atoms with Crippen molar-refractivity contribution in [2.75, 3.05) is 6.61 Å². The van der Waals surface area contributed by atoms with Gasteiger partial charge in [0, 0.05) is 0 Å². The molecular weight excluding hydrogens is 316 g/mol. The van der Waals surface area contributed by atoms with Crippen LogP contribution in [0.4, 0.5) is 0 Å². The highest BCUT2D eigenvalue weighted by Crippen LogP contribution is 2.25. The van der Waals surface area contributed by atoms with Gasteiger partial charge in [0.25, 0.3) is 0 Å². The Labute approximate surface area is 118 Å². The second kappa shape index (κ2) is 5.92. The minimum absolute atomic E-state index is 0.455. The zero-order chi connectivity index (χ0) is 13.0. The Kier molecular flexibility index (Phi) is 4.27. The van der Waals surface area contributed by atoms with Crippen molar-refractivity contribution in [2.24, 2.45) is 5.10 Å². The summed E-state index contributed by atoms with van der Waals surface area (Å²) in [6, 6.07) is 5.74. The van der Waals surface area contributed by atoms with E-state index >= 15 is 0 Å². The molecule has 0 saturated carbocycles. The number of hydrogen-bond donors (Lipinski definition) is 1. The summed E-state index contributed by atoms with van der Waals surface area (Å²) in [5.41, 5.74) is 0.938. The summed E-state index contributed by atoms with van der Waals surface area (Å²) < 4.78 is 8.27. The zero-order valence-corrected chi connectivity index (χ0v) is 12.0. The molecule has 0 spiro atoms. The third kappa shape index (κ3) is 3.05. The molecule has 1 aromatic carbocycles. The Morgan fingerprint density at radius 1 is 1.61 bits per heavy atom. The number of rotatable bonds is 4. The summed E-state index contributed by atoms with van der Waals surface area (Å²) in [5, 5.41) is 10.6. The van der Waals surface area contributed by atoms with E-state index in [1.54, 1.807) is 6.21 Å². The highest BCUT2D eigenvalue weighted by Gasteiger charge is 2.00. The molecule has 0 aliphatic heterocycles. The van der Waals surface area contributed by atoms with Crippen LogP contribution >= 0.6 is 28.1 Å². The van der Waals surface area contributed by atoms with Gasteiger partial charge in [-0.1, -0.05) is 0 Å². The third-order valence-electron chi connectivity index (χ3n) is 2.12. The van der Waals surface area contributed by atoms with E-state index in [4.69, 9.17) is 17.0 Å². The largest absolute Gasteiger partial charge is 0.493 e. The standard InChI is InChI=1S/C11H11BrN4OS/c1-2-17-10-4-3-8(5-9(10)12)6-14-16-7-13-15-11(16)18/h3-7H,2H2,1H3,(H,15,18)/b14-6-. The zero-order valence-electron chi connectivity index (χ0n) is 9.63. The number of ether oxygens (including phenoxy) is 1. The highest BCUT2D eigenvalue weighted by molar-refractivity contribution is 9.10. The maximum Gasteiger partial charge on any atom is 0.216 e. The van der Waals surface area contributed by atoms with Crippen molar-refractivity contribution in [3.63, 3.8) is 0 Å². The van der Waals surface area contributed by atoms with Crippen molar-refractivity contribution >= 4 is 34.4 Å². The summed E-state index contributed by atoms with van der Waals surface area (Å²) in [6.45, 7) is 2.58. The number of benzene rings is 1.